The number of carbonyl (C=O) groups excluding carboxylic acids is 1. The molecule has 9 rings (SSSR count). The van der Waals surface area contributed by atoms with Crippen molar-refractivity contribution >= 4 is 29.2 Å². The van der Waals surface area contributed by atoms with Crippen molar-refractivity contribution in [2.45, 2.75) is 57.5 Å². The zero-order valence-electron chi connectivity index (χ0n) is 31.1. The molecule has 3 N–H and O–H groups in total. The maximum atomic E-state index is 10.3. The van der Waals surface area contributed by atoms with Crippen molar-refractivity contribution in [3.8, 4) is 28.6 Å². The fraction of sp³-hybridized carbons (Fsp3) is 0.425. The van der Waals surface area contributed by atoms with E-state index in [0.29, 0.717) is 29.8 Å². The Bertz CT molecular complexity index is 2040. The van der Waals surface area contributed by atoms with Gasteiger partial charge in [-0.3, -0.25) is 14.3 Å². The van der Waals surface area contributed by atoms with E-state index in [1.54, 1.807) is 12.3 Å². The Labute approximate surface area is 311 Å². The van der Waals surface area contributed by atoms with Crippen LogP contribution in [0.2, 0.25) is 0 Å². The summed E-state index contributed by atoms with van der Waals surface area (Å²) in [5.74, 6) is 3.71. The summed E-state index contributed by atoms with van der Waals surface area (Å²) in [5.41, 5.74) is 11.1. The molecule has 0 bridgehead atoms. The average molecular weight is 718 g/mol. The first-order chi connectivity index (χ1) is 25.8. The predicted molar refractivity (Wildman–Crippen MR) is 210 cm³/mol. The molecule has 3 fully saturated rings. The summed E-state index contributed by atoms with van der Waals surface area (Å²) in [7, 11) is 1.97. The average Bonchev–Trinajstić information content (AvgIpc) is 3.54. The summed E-state index contributed by atoms with van der Waals surface area (Å²) in [6.45, 7) is 14.3. The van der Waals surface area contributed by atoms with Gasteiger partial charge in [0.1, 0.15) is 17.1 Å². The molecule has 13 nitrogen and oxygen atoms in total. The first-order valence-corrected chi connectivity index (χ1v) is 18.7. The Balaban J connectivity index is 0.000000287. The number of imidazole rings is 1. The van der Waals surface area contributed by atoms with Crippen LogP contribution in [0.25, 0.3) is 34.1 Å². The molecule has 0 atom stereocenters. The Kier molecular flexibility index (Phi) is 10.7. The lowest BCUT2D eigenvalue weighted by Crippen LogP contribution is -2.50. The fourth-order valence-electron chi connectivity index (χ4n) is 7.28. The molecule has 53 heavy (non-hydrogen) atoms. The maximum Gasteiger partial charge on any atom is 0.209 e. The van der Waals surface area contributed by atoms with Gasteiger partial charge in [0.05, 0.1) is 17.9 Å². The third-order valence-corrected chi connectivity index (χ3v) is 10.7. The minimum Gasteiger partial charge on any atom is -0.493 e. The van der Waals surface area contributed by atoms with Crippen LogP contribution in [0.4, 0.5) is 11.6 Å². The molecule has 2 saturated heterocycles. The fourth-order valence-corrected chi connectivity index (χ4v) is 7.28. The van der Waals surface area contributed by atoms with Crippen molar-refractivity contribution in [3.05, 3.63) is 79.1 Å². The van der Waals surface area contributed by atoms with Crippen molar-refractivity contribution in [3.63, 3.8) is 0 Å². The van der Waals surface area contributed by atoms with Crippen LogP contribution >= 0.6 is 0 Å². The molecule has 1 amide bonds. The first-order valence-electron chi connectivity index (χ1n) is 18.7. The highest BCUT2D eigenvalue weighted by molar-refractivity contribution is 5.83. The highest BCUT2D eigenvalue weighted by atomic mass is 16.5. The number of piperazine rings is 1. The molecular formula is C40H51N11O2. The number of anilines is 2. The van der Waals surface area contributed by atoms with Crippen molar-refractivity contribution in [2.24, 2.45) is 0 Å². The number of ether oxygens (including phenoxy) is 1. The third kappa shape index (κ3) is 7.77. The largest absolute Gasteiger partial charge is 0.493 e. The van der Waals surface area contributed by atoms with Gasteiger partial charge >= 0.3 is 0 Å². The number of nitrogens with one attached hydrogen (secondary N) is 1. The zero-order chi connectivity index (χ0) is 37.0. The molecule has 1 aromatic carbocycles. The maximum absolute atomic E-state index is 10.3. The van der Waals surface area contributed by atoms with Crippen LogP contribution in [0.1, 0.15) is 45.1 Å². The Morgan fingerprint density at radius 3 is 2.47 bits per heavy atom. The van der Waals surface area contributed by atoms with Gasteiger partial charge in [-0.25, -0.2) is 19.6 Å². The Hall–Kier alpha value is -5.27. The molecule has 7 heterocycles. The van der Waals surface area contributed by atoms with Crippen LogP contribution in [-0.4, -0.2) is 110 Å². The van der Waals surface area contributed by atoms with Gasteiger partial charge in [0.15, 0.2) is 23.1 Å². The normalized spacial score (nSPS) is 17.9. The molecule has 3 aliphatic heterocycles. The number of nitrogen functional groups attached to an aromatic ring is 1. The number of rotatable bonds is 7. The van der Waals surface area contributed by atoms with Crippen LogP contribution in [-0.2, 0) is 11.2 Å². The lowest BCUT2D eigenvalue weighted by atomic mass is 10.1. The van der Waals surface area contributed by atoms with Crippen LogP contribution in [0, 0.1) is 0 Å². The third-order valence-electron chi connectivity index (χ3n) is 10.7. The van der Waals surface area contributed by atoms with E-state index in [1.807, 2.05) is 58.6 Å². The highest BCUT2D eigenvalue weighted by Crippen LogP contribution is 2.41. The molecule has 1 saturated carbocycles. The number of amides is 1. The molecular weight excluding hydrogens is 667 g/mol. The number of hydrogen-bond acceptors (Lipinski definition) is 10. The van der Waals surface area contributed by atoms with E-state index in [9.17, 15) is 4.79 Å². The van der Waals surface area contributed by atoms with E-state index in [4.69, 9.17) is 25.5 Å². The lowest BCUT2D eigenvalue weighted by molar-refractivity contribution is -0.119. The number of fused-ring (bicyclic) bond motifs is 2. The standard InChI is InChI=1S/C30H31N9O.C7H14N2O.C3H6/c1-30(10-11-30)37-16-14-36(15-17-37)26-8-13-38(35-26)25-7-6-23-29(34-25)39(21-5-4-20-9-18-40-24(20)19-21)28(33-23)22-3-2-12-32-27(22)31;1-8-7-2-4-9(6-10)5-3-7;1-3-2/h2-8,12-13,19H,9-11,14-18H2,1H3,(H2,31,32);6-8H,2-5H2,1H3;3H,1H2,2H3. The lowest BCUT2D eigenvalue weighted by Gasteiger charge is -2.38. The Morgan fingerprint density at radius 2 is 1.77 bits per heavy atom. The van der Waals surface area contributed by atoms with Crippen molar-refractivity contribution < 1.29 is 9.53 Å². The van der Waals surface area contributed by atoms with Crippen LogP contribution in [0.15, 0.2) is 73.6 Å². The second kappa shape index (κ2) is 15.8. The van der Waals surface area contributed by atoms with Gasteiger partial charge in [0, 0.05) is 81.8 Å². The number of benzene rings is 1. The quantitative estimate of drug-likeness (QED) is 0.177. The number of likely N-dealkylation sites (tertiary alicyclic amines) is 1. The second-order valence-corrected chi connectivity index (χ2v) is 14.3. The minimum atomic E-state index is 0.421. The zero-order valence-corrected chi connectivity index (χ0v) is 31.1. The van der Waals surface area contributed by atoms with Crippen molar-refractivity contribution in [1.82, 2.24) is 44.4 Å². The van der Waals surface area contributed by atoms with Crippen LogP contribution in [0.5, 0.6) is 5.75 Å². The molecule has 1 aliphatic carbocycles. The summed E-state index contributed by atoms with van der Waals surface area (Å²) in [5, 5.41) is 8.13. The molecule has 4 aliphatic rings. The smallest absolute Gasteiger partial charge is 0.209 e. The van der Waals surface area contributed by atoms with E-state index < -0.39 is 0 Å². The van der Waals surface area contributed by atoms with Gasteiger partial charge in [-0.1, -0.05) is 12.1 Å². The van der Waals surface area contributed by atoms with Crippen molar-refractivity contribution in [2.75, 3.05) is 63.6 Å². The number of hydrogen-bond donors (Lipinski definition) is 2. The molecule has 0 unspecified atom stereocenters. The van der Waals surface area contributed by atoms with Crippen molar-refractivity contribution in [1.29, 1.82) is 0 Å². The number of aromatic nitrogens is 6. The first kappa shape index (κ1) is 36.1. The molecule has 5 aromatic rings. The van der Waals surface area contributed by atoms with Crippen LogP contribution < -0.4 is 20.7 Å². The van der Waals surface area contributed by atoms with E-state index in [-0.39, 0.29) is 0 Å². The molecule has 13 heteroatoms. The van der Waals surface area contributed by atoms with Crippen LogP contribution in [0.3, 0.4) is 0 Å². The summed E-state index contributed by atoms with van der Waals surface area (Å²) in [6.07, 6.45) is 12.1. The van der Waals surface area contributed by atoms with Gasteiger partial charge < -0.3 is 25.6 Å². The van der Waals surface area contributed by atoms with Gasteiger partial charge in [-0.15, -0.1) is 11.7 Å². The number of pyridine rings is 2. The number of piperidine rings is 1. The predicted octanol–water partition coefficient (Wildman–Crippen LogP) is 4.88. The molecule has 0 radical (unpaired) electrons. The number of allylic oxidation sites excluding steroid dienone is 1. The van der Waals surface area contributed by atoms with Gasteiger partial charge in [0.25, 0.3) is 0 Å². The van der Waals surface area contributed by atoms with E-state index in [1.165, 1.54) is 18.4 Å². The highest BCUT2D eigenvalue weighted by Gasteiger charge is 2.44. The minimum absolute atomic E-state index is 0.421. The topological polar surface area (TPSA) is 135 Å². The van der Waals surface area contributed by atoms with Gasteiger partial charge in [-0.2, -0.15) is 0 Å². The number of nitrogens with two attached hydrogens (primary N) is 1. The second-order valence-electron chi connectivity index (χ2n) is 14.3. The summed E-state index contributed by atoms with van der Waals surface area (Å²) < 4.78 is 9.78. The summed E-state index contributed by atoms with van der Waals surface area (Å²) in [6, 6.07) is 16.7. The summed E-state index contributed by atoms with van der Waals surface area (Å²) >= 11 is 0. The molecule has 278 valence electrons. The van der Waals surface area contributed by atoms with Gasteiger partial charge in [-0.05, 0) is 82.5 Å². The molecule has 0 spiro atoms. The SMILES string of the molecule is C=CC.CC1(N2CCN(c3ccn(-c4ccc5nc(-c6cccnc6N)n(-c6ccc7c(c6)OCC7)c5n4)n3)CC2)CC1.CNC1CCN(C=O)CC1. The van der Waals surface area contributed by atoms with Gasteiger partial charge in [0.2, 0.25) is 6.41 Å². The monoisotopic (exact) mass is 717 g/mol. The van der Waals surface area contributed by atoms with E-state index in [2.05, 4.69) is 57.9 Å². The van der Waals surface area contributed by atoms with E-state index >= 15 is 0 Å². The molecule has 4 aromatic heterocycles. The van der Waals surface area contributed by atoms with E-state index in [0.717, 1.165) is 105 Å². The number of carbonyl (C=O) groups is 1. The Morgan fingerprint density at radius 1 is 1.00 bits per heavy atom. The number of nitrogens with zero attached hydrogens (tertiary/aromatic N) is 9. The summed E-state index contributed by atoms with van der Waals surface area (Å²) in [4.78, 5) is 31.4.